The fourth-order valence-electron chi connectivity index (χ4n) is 4.15. The van der Waals surface area contributed by atoms with Crippen molar-refractivity contribution in [3.05, 3.63) is 46.8 Å². The number of guanidine groups is 1. The van der Waals surface area contributed by atoms with Gasteiger partial charge < -0.3 is 19.4 Å². The Morgan fingerprint density at radius 1 is 1.14 bits per heavy atom. The van der Waals surface area contributed by atoms with Crippen molar-refractivity contribution in [3.63, 3.8) is 0 Å². The maximum absolute atomic E-state index is 13.4. The summed E-state index contributed by atoms with van der Waals surface area (Å²) in [4.78, 5) is 38.0. The van der Waals surface area contributed by atoms with E-state index in [1.165, 1.54) is 4.90 Å². The molecule has 1 fully saturated rings. The van der Waals surface area contributed by atoms with Gasteiger partial charge in [-0.15, -0.1) is 0 Å². The summed E-state index contributed by atoms with van der Waals surface area (Å²) in [6.07, 6.45) is 1.42. The summed E-state index contributed by atoms with van der Waals surface area (Å²) in [7, 11) is 3.37. The topological polar surface area (TPSA) is 68.7 Å². The van der Waals surface area contributed by atoms with Crippen LogP contribution in [0, 0.1) is 13.8 Å². The van der Waals surface area contributed by atoms with Crippen LogP contribution in [-0.4, -0.2) is 77.0 Å². The van der Waals surface area contributed by atoms with Gasteiger partial charge in [0.25, 0.3) is 5.91 Å². The summed E-state index contributed by atoms with van der Waals surface area (Å²) in [5, 5.41) is 0. The van der Waals surface area contributed by atoms with Gasteiger partial charge in [0.05, 0.1) is 13.2 Å². The van der Waals surface area contributed by atoms with Crippen LogP contribution in [0.3, 0.4) is 0 Å². The SMILES string of the molecule is COCCN1C(C)=CN2C1=NC1C2C(=O)N(Cc2cc(C)ccc2C)C(=O)N1C. The van der Waals surface area contributed by atoms with E-state index in [1.54, 1.807) is 19.1 Å². The van der Waals surface area contributed by atoms with Crippen molar-refractivity contribution in [3.8, 4) is 0 Å². The average molecular weight is 397 g/mol. The lowest BCUT2D eigenvalue weighted by atomic mass is 10.0. The van der Waals surface area contributed by atoms with Crippen LogP contribution in [-0.2, 0) is 16.1 Å². The van der Waals surface area contributed by atoms with Crippen LogP contribution in [0.15, 0.2) is 35.1 Å². The van der Waals surface area contributed by atoms with Crippen LogP contribution >= 0.6 is 0 Å². The van der Waals surface area contributed by atoms with Crippen LogP contribution in [0.5, 0.6) is 0 Å². The van der Waals surface area contributed by atoms with E-state index in [4.69, 9.17) is 9.73 Å². The number of allylic oxidation sites excluding steroid dienone is 1. The summed E-state index contributed by atoms with van der Waals surface area (Å²) in [6.45, 7) is 7.45. The van der Waals surface area contributed by atoms with Gasteiger partial charge in [-0.3, -0.25) is 9.69 Å². The van der Waals surface area contributed by atoms with Gasteiger partial charge in [-0.2, -0.15) is 0 Å². The van der Waals surface area contributed by atoms with E-state index in [0.717, 1.165) is 22.4 Å². The predicted octanol–water partition coefficient (Wildman–Crippen LogP) is 1.89. The molecule has 0 aliphatic carbocycles. The van der Waals surface area contributed by atoms with Gasteiger partial charge in [0.1, 0.15) is 0 Å². The highest BCUT2D eigenvalue weighted by atomic mass is 16.5. The van der Waals surface area contributed by atoms with E-state index in [0.29, 0.717) is 19.1 Å². The first-order valence-corrected chi connectivity index (χ1v) is 9.79. The second kappa shape index (κ2) is 7.18. The Labute approximate surface area is 171 Å². The number of benzene rings is 1. The van der Waals surface area contributed by atoms with E-state index in [9.17, 15) is 9.59 Å². The van der Waals surface area contributed by atoms with Gasteiger partial charge in [-0.25, -0.2) is 9.79 Å². The van der Waals surface area contributed by atoms with E-state index in [1.807, 2.05) is 55.0 Å². The lowest BCUT2D eigenvalue weighted by Crippen LogP contribution is -2.63. The molecule has 0 saturated carbocycles. The molecule has 0 bridgehead atoms. The van der Waals surface area contributed by atoms with Crippen molar-refractivity contribution >= 4 is 17.9 Å². The molecule has 3 aliphatic rings. The molecule has 29 heavy (non-hydrogen) atoms. The molecular weight excluding hydrogens is 370 g/mol. The minimum Gasteiger partial charge on any atom is -0.383 e. The molecule has 2 atom stereocenters. The molecule has 4 rings (SSSR count). The lowest BCUT2D eigenvalue weighted by molar-refractivity contribution is -0.137. The normalized spacial score (nSPS) is 23.5. The second-order valence-corrected chi connectivity index (χ2v) is 7.86. The van der Waals surface area contributed by atoms with Crippen LogP contribution < -0.4 is 0 Å². The number of carbonyl (C=O) groups is 2. The van der Waals surface area contributed by atoms with Crippen LogP contribution in [0.2, 0.25) is 0 Å². The number of aliphatic imine (C=N–C) groups is 1. The number of fused-ring (bicyclic) bond motifs is 3. The van der Waals surface area contributed by atoms with E-state index < -0.39 is 12.2 Å². The minimum absolute atomic E-state index is 0.213. The molecule has 0 radical (unpaired) electrons. The highest BCUT2D eigenvalue weighted by Crippen LogP contribution is 2.34. The third-order valence-corrected chi connectivity index (χ3v) is 5.85. The Balaban J connectivity index is 1.63. The smallest absolute Gasteiger partial charge is 0.328 e. The number of ether oxygens (including phenoxy) is 1. The predicted molar refractivity (Wildman–Crippen MR) is 109 cm³/mol. The maximum atomic E-state index is 13.4. The van der Waals surface area contributed by atoms with Gasteiger partial charge >= 0.3 is 6.03 Å². The van der Waals surface area contributed by atoms with E-state index >= 15 is 0 Å². The fourth-order valence-corrected chi connectivity index (χ4v) is 4.15. The number of urea groups is 1. The van der Waals surface area contributed by atoms with Crippen molar-refractivity contribution in [2.24, 2.45) is 4.99 Å². The lowest BCUT2D eigenvalue weighted by Gasteiger charge is -2.40. The van der Waals surface area contributed by atoms with Gasteiger partial charge in [0.2, 0.25) is 5.96 Å². The fraction of sp³-hybridized carbons (Fsp3) is 0.476. The zero-order valence-electron chi connectivity index (χ0n) is 17.5. The summed E-state index contributed by atoms with van der Waals surface area (Å²) in [6, 6.07) is 5.23. The zero-order chi connectivity index (χ0) is 20.9. The molecule has 8 nitrogen and oxygen atoms in total. The molecular formula is C21H27N5O3. The van der Waals surface area contributed by atoms with Gasteiger partial charge in [-0.05, 0) is 31.9 Å². The number of rotatable bonds is 5. The molecule has 0 spiro atoms. The molecule has 3 amide bonds. The Morgan fingerprint density at radius 3 is 2.62 bits per heavy atom. The number of likely N-dealkylation sites (N-methyl/N-ethyl adjacent to an activating group) is 1. The minimum atomic E-state index is -0.541. The first-order chi connectivity index (χ1) is 13.8. The standard InChI is InChI=1S/C21H27N5O3/c1-13-6-7-14(2)16(10-13)12-26-19(27)17-18(23(4)21(26)28)22-20-24(8-9-29-5)15(3)11-25(17)20/h6-7,10-11,17-18H,8-9,12H2,1-5H3. The molecule has 8 heteroatoms. The molecule has 2 unspecified atom stereocenters. The summed E-state index contributed by atoms with van der Waals surface area (Å²) in [5.41, 5.74) is 4.15. The number of imide groups is 1. The first kappa shape index (κ1) is 19.4. The van der Waals surface area contributed by atoms with Crippen LogP contribution in [0.4, 0.5) is 4.79 Å². The molecule has 1 aromatic carbocycles. The maximum Gasteiger partial charge on any atom is 0.328 e. The van der Waals surface area contributed by atoms with Gasteiger partial charge in [0, 0.05) is 32.6 Å². The Kier molecular flexibility index (Phi) is 4.82. The Bertz CT molecular complexity index is 925. The number of hydrogen-bond acceptors (Lipinski definition) is 6. The Morgan fingerprint density at radius 2 is 1.90 bits per heavy atom. The van der Waals surface area contributed by atoms with Crippen molar-refractivity contribution in [2.75, 3.05) is 27.3 Å². The second-order valence-electron chi connectivity index (χ2n) is 7.86. The molecule has 0 aromatic heterocycles. The number of amides is 3. The van der Waals surface area contributed by atoms with Crippen molar-refractivity contribution in [2.45, 2.75) is 39.5 Å². The Hall–Kier alpha value is -2.87. The summed E-state index contributed by atoms with van der Waals surface area (Å²) >= 11 is 0. The first-order valence-electron chi connectivity index (χ1n) is 9.79. The number of aryl methyl sites for hydroxylation is 2. The zero-order valence-corrected chi connectivity index (χ0v) is 17.5. The highest BCUT2D eigenvalue weighted by Gasteiger charge is 2.54. The van der Waals surface area contributed by atoms with Crippen molar-refractivity contribution < 1.29 is 14.3 Å². The molecule has 3 aliphatic heterocycles. The average Bonchev–Trinajstić information content (AvgIpc) is 3.19. The number of carbonyl (C=O) groups excluding carboxylic acids is 2. The molecule has 1 aromatic rings. The number of hydrogen-bond donors (Lipinski definition) is 0. The molecule has 0 N–H and O–H groups in total. The quantitative estimate of drug-likeness (QED) is 0.759. The molecule has 154 valence electrons. The van der Waals surface area contributed by atoms with Crippen molar-refractivity contribution in [1.29, 1.82) is 0 Å². The highest BCUT2D eigenvalue weighted by molar-refractivity contribution is 6.04. The largest absolute Gasteiger partial charge is 0.383 e. The van der Waals surface area contributed by atoms with Gasteiger partial charge in [-0.1, -0.05) is 23.8 Å². The number of methoxy groups -OCH3 is 1. The third kappa shape index (κ3) is 3.07. The third-order valence-electron chi connectivity index (χ3n) is 5.85. The van der Waals surface area contributed by atoms with Crippen LogP contribution in [0.25, 0.3) is 0 Å². The van der Waals surface area contributed by atoms with E-state index in [2.05, 4.69) is 0 Å². The molecule has 1 saturated heterocycles. The number of nitrogens with zero attached hydrogens (tertiary/aromatic N) is 5. The van der Waals surface area contributed by atoms with Crippen LogP contribution in [0.1, 0.15) is 23.6 Å². The monoisotopic (exact) mass is 397 g/mol. The van der Waals surface area contributed by atoms with E-state index in [-0.39, 0.29) is 18.5 Å². The summed E-state index contributed by atoms with van der Waals surface area (Å²) < 4.78 is 5.20. The molecule has 3 heterocycles. The van der Waals surface area contributed by atoms with Gasteiger partial charge in [0.15, 0.2) is 12.2 Å². The summed E-state index contributed by atoms with van der Waals surface area (Å²) in [5.74, 6) is 0.492. The van der Waals surface area contributed by atoms with Crippen molar-refractivity contribution in [1.82, 2.24) is 19.6 Å².